The van der Waals surface area contributed by atoms with Crippen molar-refractivity contribution in [3.63, 3.8) is 0 Å². The molecule has 4 heterocycles. The first-order chi connectivity index (χ1) is 18.3. The van der Waals surface area contributed by atoms with Crippen LogP contribution in [0, 0.1) is 11.3 Å². The smallest absolute Gasteiger partial charge is 0.207 e. The molecule has 2 N–H and O–H groups in total. The molecule has 0 unspecified atom stereocenters. The zero-order valence-corrected chi connectivity index (χ0v) is 20.3. The lowest BCUT2D eigenvalue weighted by Crippen LogP contribution is -2.36. The van der Waals surface area contributed by atoms with Crippen LogP contribution in [0.15, 0.2) is 48.8 Å². The van der Waals surface area contributed by atoms with Crippen LogP contribution in [0.3, 0.4) is 0 Å². The maximum absolute atomic E-state index is 9.79. The molecule has 10 heteroatoms. The molecule has 2 aromatic heterocycles. The normalized spacial score (nSPS) is 16.5. The van der Waals surface area contributed by atoms with Gasteiger partial charge in [0.05, 0.1) is 37.7 Å². The molecule has 6 rings (SSSR count). The quantitative estimate of drug-likeness (QED) is 0.407. The number of aromatic nitrogens is 4. The van der Waals surface area contributed by atoms with Gasteiger partial charge in [-0.1, -0.05) is 6.07 Å². The van der Waals surface area contributed by atoms with Crippen LogP contribution in [-0.2, 0) is 9.47 Å². The molecule has 0 saturated carbocycles. The Kier molecular flexibility index (Phi) is 6.54. The standard InChI is InChI=1S/C27H27N7O3/c28-16-19-14-18(4-5-23(19)37-22-6-10-35-11-7-22)24-25-26(30-17-29-24)33-27(32-25)31-20-2-1-3-21(15-20)34-8-12-36-13-9-34/h1-5,14-15,17,22H,6-13H2,(H2,29,30,31,32,33). The van der Waals surface area contributed by atoms with Crippen molar-refractivity contribution in [2.75, 3.05) is 49.7 Å². The van der Waals surface area contributed by atoms with Crippen molar-refractivity contribution in [3.8, 4) is 23.1 Å². The zero-order valence-electron chi connectivity index (χ0n) is 20.3. The summed E-state index contributed by atoms with van der Waals surface area (Å²) in [5, 5.41) is 13.1. The number of H-pyrrole nitrogens is 1. The molecule has 188 valence electrons. The molecule has 2 aliphatic heterocycles. The summed E-state index contributed by atoms with van der Waals surface area (Å²) in [4.78, 5) is 19.1. The summed E-state index contributed by atoms with van der Waals surface area (Å²) < 4.78 is 17.0. The number of morpholine rings is 1. The monoisotopic (exact) mass is 497 g/mol. The van der Waals surface area contributed by atoms with Crippen LogP contribution in [0.25, 0.3) is 22.4 Å². The second kappa shape index (κ2) is 10.4. The van der Waals surface area contributed by atoms with Crippen LogP contribution >= 0.6 is 0 Å². The number of nitriles is 1. The molecule has 0 bridgehead atoms. The molecule has 0 aliphatic carbocycles. The number of fused-ring (bicyclic) bond motifs is 1. The fourth-order valence-electron chi connectivity index (χ4n) is 4.69. The van der Waals surface area contributed by atoms with Crippen molar-refractivity contribution >= 4 is 28.5 Å². The van der Waals surface area contributed by atoms with Gasteiger partial charge in [-0.2, -0.15) is 10.2 Å². The van der Waals surface area contributed by atoms with Crippen LogP contribution in [0.5, 0.6) is 5.75 Å². The van der Waals surface area contributed by atoms with E-state index in [0.717, 1.165) is 56.1 Å². The molecule has 0 spiro atoms. The number of aromatic amines is 1. The number of hydrogen-bond donors (Lipinski definition) is 2. The van der Waals surface area contributed by atoms with Crippen molar-refractivity contribution in [1.82, 2.24) is 19.9 Å². The lowest BCUT2D eigenvalue weighted by molar-refractivity contribution is 0.0254. The van der Waals surface area contributed by atoms with E-state index in [1.165, 1.54) is 6.33 Å². The van der Waals surface area contributed by atoms with Crippen molar-refractivity contribution in [1.29, 1.82) is 5.26 Å². The van der Waals surface area contributed by atoms with Crippen molar-refractivity contribution in [2.45, 2.75) is 18.9 Å². The summed E-state index contributed by atoms with van der Waals surface area (Å²) in [6, 6.07) is 16.0. The highest BCUT2D eigenvalue weighted by Gasteiger charge is 2.19. The predicted molar refractivity (Wildman–Crippen MR) is 139 cm³/mol. The second-order valence-corrected chi connectivity index (χ2v) is 9.03. The minimum atomic E-state index is 0.0560. The predicted octanol–water partition coefficient (Wildman–Crippen LogP) is 4.03. The maximum atomic E-state index is 9.79. The van der Waals surface area contributed by atoms with Gasteiger partial charge in [0.25, 0.3) is 0 Å². The van der Waals surface area contributed by atoms with E-state index in [1.54, 1.807) is 6.07 Å². The van der Waals surface area contributed by atoms with Gasteiger partial charge in [0, 0.05) is 42.9 Å². The van der Waals surface area contributed by atoms with Crippen molar-refractivity contribution in [3.05, 3.63) is 54.4 Å². The highest BCUT2D eigenvalue weighted by Crippen LogP contribution is 2.31. The van der Waals surface area contributed by atoms with E-state index in [1.807, 2.05) is 24.3 Å². The lowest BCUT2D eigenvalue weighted by Gasteiger charge is -2.29. The van der Waals surface area contributed by atoms with Gasteiger partial charge in [0.1, 0.15) is 29.8 Å². The SMILES string of the molecule is N#Cc1cc(-c2ncnc3nc(Nc4cccc(N5CCOCC5)c4)[nH]c23)ccc1OC1CCOCC1. The number of ether oxygens (including phenoxy) is 3. The summed E-state index contributed by atoms with van der Waals surface area (Å²) in [5.74, 6) is 1.14. The molecular weight excluding hydrogens is 470 g/mol. The fraction of sp³-hybridized carbons (Fsp3) is 0.333. The Morgan fingerprint density at radius 2 is 1.86 bits per heavy atom. The minimum Gasteiger partial charge on any atom is -0.489 e. The van der Waals surface area contributed by atoms with E-state index >= 15 is 0 Å². The minimum absolute atomic E-state index is 0.0560. The van der Waals surface area contributed by atoms with Gasteiger partial charge in [-0.3, -0.25) is 0 Å². The van der Waals surface area contributed by atoms with Crippen LogP contribution in [0.2, 0.25) is 0 Å². The van der Waals surface area contributed by atoms with Gasteiger partial charge < -0.3 is 29.4 Å². The molecule has 0 atom stereocenters. The number of imidazole rings is 1. The molecule has 10 nitrogen and oxygen atoms in total. The van der Waals surface area contributed by atoms with Crippen LogP contribution in [-0.4, -0.2) is 65.6 Å². The molecule has 2 fully saturated rings. The van der Waals surface area contributed by atoms with E-state index in [9.17, 15) is 5.26 Å². The maximum Gasteiger partial charge on any atom is 0.207 e. The zero-order chi connectivity index (χ0) is 25.0. The Hall–Kier alpha value is -4.20. The molecule has 2 aromatic carbocycles. The Morgan fingerprint density at radius 1 is 1.03 bits per heavy atom. The van der Waals surface area contributed by atoms with Crippen LogP contribution in [0.1, 0.15) is 18.4 Å². The molecule has 0 amide bonds. The molecule has 4 aromatic rings. The lowest BCUT2D eigenvalue weighted by atomic mass is 10.1. The summed E-state index contributed by atoms with van der Waals surface area (Å²) in [5.41, 5.74) is 5.20. The third kappa shape index (κ3) is 5.05. The largest absolute Gasteiger partial charge is 0.489 e. The molecule has 2 aliphatic rings. The first-order valence-electron chi connectivity index (χ1n) is 12.5. The van der Waals surface area contributed by atoms with E-state index in [4.69, 9.17) is 14.2 Å². The van der Waals surface area contributed by atoms with E-state index < -0.39 is 0 Å². The Labute approximate surface area is 214 Å². The third-order valence-corrected chi connectivity index (χ3v) is 6.61. The number of nitrogens with one attached hydrogen (secondary N) is 2. The first-order valence-corrected chi connectivity index (χ1v) is 12.5. The van der Waals surface area contributed by atoms with Gasteiger partial charge in [-0.15, -0.1) is 0 Å². The van der Waals surface area contributed by atoms with E-state index in [2.05, 4.69) is 48.4 Å². The Balaban J connectivity index is 1.26. The number of benzene rings is 2. The topological polar surface area (TPSA) is 121 Å². The Bertz CT molecular complexity index is 1440. The highest BCUT2D eigenvalue weighted by atomic mass is 16.5. The summed E-state index contributed by atoms with van der Waals surface area (Å²) in [6.45, 7) is 4.57. The molecule has 2 saturated heterocycles. The fourth-order valence-corrected chi connectivity index (χ4v) is 4.69. The van der Waals surface area contributed by atoms with Crippen molar-refractivity contribution < 1.29 is 14.2 Å². The third-order valence-electron chi connectivity index (χ3n) is 6.61. The average Bonchev–Trinajstić information content (AvgIpc) is 3.37. The number of anilines is 3. The number of nitrogens with zero attached hydrogens (tertiary/aromatic N) is 5. The summed E-state index contributed by atoms with van der Waals surface area (Å²) in [6.07, 6.45) is 3.18. The van der Waals surface area contributed by atoms with Gasteiger partial charge >= 0.3 is 0 Å². The molecular formula is C27H27N7O3. The number of rotatable bonds is 6. The van der Waals surface area contributed by atoms with E-state index in [0.29, 0.717) is 47.3 Å². The van der Waals surface area contributed by atoms with Gasteiger partial charge in [-0.25, -0.2) is 9.97 Å². The Morgan fingerprint density at radius 3 is 2.70 bits per heavy atom. The van der Waals surface area contributed by atoms with Crippen LogP contribution in [0.4, 0.5) is 17.3 Å². The van der Waals surface area contributed by atoms with Crippen molar-refractivity contribution in [2.24, 2.45) is 0 Å². The van der Waals surface area contributed by atoms with Crippen LogP contribution < -0.4 is 15.0 Å². The van der Waals surface area contributed by atoms with Gasteiger partial charge in [0.15, 0.2) is 5.65 Å². The summed E-state index contributed by atoms with van der Waals surface area (Å²) in [7, 11) is 0. The first kappa shape index (κ1) is 23.2. The molecule has 0 radical (unpaired) electrons. The second-order valence-electron chi connectivity index (χ2n) is 9.03. The average molecular weight is 498 g/mol. The van der Waals surface area contributed by atoms with Gasteiger partial charge in [-0.05, 0) is 36.4 Å². The summed E-state index contributed by atoms with van der Waals surface area (Å²) >= 11 is 0. The van der Waals surface area contributed by atoms with E-state index in [-0.39, 0.29) is 6.10 Å². The van der Waals surface area contributed by atoms with Gasteiger partial charge in [0.2, 0.25) is 5.95 Å². The molecule has 37 heavy (non-hydrogen) atoms. The number of hydrogen-bond acceptors (Lipinski definition) is 9. The highest BCUT2D eigenvalue weighted by molar-refractivity contribution is 5.89.